The highest BCUT2D eigenvalue weighted by Crippen LogP contribution is 2.08. The molecule has 0 saturated carbocycles. The second kappa shape index (κ2) is 9.42. The van der Waals surface area contributed by atoms with Crippen LogP contribution in [0.4, 0.5) is 5.69 Å². The molecule has 3 heteroatoms. The zero-order valence-corrected chi connectivity index (χ0v) is 12.1. The number of unbranched alkanes of at least 4 members (excludes halogenated alkanes) is 3. The highest BCUT2D eigenvalue weighted by molar-refractivity contribution is 5.70. The summed E-state index contributed by atoms with van der Waals surface area (Å²) in [6.07, 6.45) is 4.96. The molecule has 0 aliphatic rings. The lowest BCUT2D eigenvalue weighted by Crippen LogP contribution is -2.12. The third-order valence-corrected chi connectivity index (χ3v) is 2.97. The van der Waals surface area contributed by atoms with Crippen LogP contribution in [0.1, 0.15) is 44.6 Å². The van der Waals surface area contributed by atoms with Gasteiger partial charge in [-0.15, -0.1) is 0 Å². The summed E-state index contributed by atoms with van der Waals surface area (Å²) in [4.78, 5) is 11.5. The van der Waals surface area contributed by atoms with Gasteiger partial charge >= 0.3 is 5.97 Å². The van der Waals surface area contributed by atoms with Crippen LogP contribution in [0.5, 0.6) is 0 Å². The number of carbonyl (C=O) groups is 1. The van der Waals surface area contributed by atoms with Crippen LogP contribution in [0.15, 0.2) is 24.3 Å². The summed E-state index contributed by atoms with van der Waals surface area (Å²) in [5.41, 5.74) is 2.28. The fourth-order valence-electron chi connectivity index (χ4n) is 1.77. The van der Waals surface area contributed by atoms with Gasteiger partial charge in [-0.2, -0.15) is 0 Å². The van der Waals surface area contributed by atoms with E-state index in [0.717, 1.165) is 18.5 Å². The van der Waals surface area contributed by atoms with Crippen LogP contribution in [0.3, 0.4) is 0 Å². The summed E-state index contributed by atoms with van der Waals surface area (Å²) in [7, 11) is 0. The standard InChI is InChI=1S/C16H25NO2/c1-3-4-5-6-13-19-16(18)11-12-17-15-9-7-14(2)8-10-15/h7-10,17H,3-6,11-13H2,1-2H3. The van der Waals surface area contributed by atoms with Crippen LogP contribution in [0.2, 0.25) is 0 Å². The highest BCUT2D eigenvalue weighted by Gasteiger charge is 2.02. The van der Waals surface area contributed by atoms with E-state index in [1.807, 2.05) is 24.3 Å². The van der Waals surface area contributed by atoms with Crippen molar-refractivity contribution in [2.75, 3.05) is 18.5 Å². The van der Waals surface area contributed by atoms with Gasteiger partial charge in [-0.3, -0.25) is 4.79 Å². The van der Waals surface area contributed by atoms with Crippen molar-refractivity contribution in [3.63, 3.8) is 0 Å². The molecule has 0 aliphatic carbocycles. The van der Waals surface area contributed by atoms with E-state index >= 15 is 0 Å². The minimum atomic E-state index is -0.115. The molecule has 1 aromatic rings. The van der Waals surface area contributed by atoms with Gasteiger partial charge in [-0.1, -0.05) is 43.9 Å². The van der Waals surface area contributed by atoms with Crippen molar-refractivity contribution >= 4 is 11.7 Å². The minimum Gasteiger partial charge on any atom is -0.466 e. The van der Waals surface area contributed by atoms with Crippen LogP contribution in [0.25, 0.3) is 0 Å². The third-order valence-electron chi connectivity index (χ3n) is 2.97. The van der Waals surface area contributed by atoms with Crippen molar-refractivity contribution in [2.24, 2.45) is 0 Å². The first-order valence-corrected chi connectivity index (χ1v) is 7.18. The Morgan fingerprint density at radius 1 is 1.16 bits per heavy atom. The molecule has 0 aliphatic heterocycles. The zero-order chi connectivity index (χ0) is 13.9. The van der Waals surface area contributed by atoms with E-state index in [1.54, 1.807) is 0 Å². The Morgan fingerprint density at radius 3 is 2.58 bits per heavy atom. The van der Waals surface area contributed by atoms with Crippen LogP contribution in [-0.4, -0.2) is 19.1 Å². The van der Waals surface area contributed by atoms with Gasteiger partial charge in [0.2, 0.25) is 0 Å². The van der Waals surface area contributed by atoms with Crippen molar-refractivity contribution in [1.29, 1.82) is 0 Å². The molecule has 0 radical (unpaired) electrons. The number of ether oxygens (including phenoxy) is 1. The summed E-state index contributed by atoms with van der Waals surface area (Å²) in [6.45, 7) is 5.41. The molecule has 0 unspecified atom stereocenters. The second-order valence-corrected chi connectivity index (χ2v) is 4.82. The molecular weight excluding hydrogens is 238 g/mol. The molecule has 0 fully saturated rings. The molecule has 3 nitrogen and oxygen atoms in total. The minimum absolute atomic E-state index is 0.115. The second-order valence-electron chi connectivity index (χ2n) is 4.82. The van der Waals surface area contributed by atoms with E-state index in [2.05, 4.69) is 19.2 Å². The molecule has 0 heterocycles. The van der Waals surface area contributed by atoms with Gasteiger partial charge in [0.05, 0.1) is 13.0 Å². The number of benzene rings is 1. The molecule has 1 N–H and O–H groups in total. The Balaban J connectivity index is 2.05. The maximum Gasteiger partial charge on any atom is 0.307 e. The fourth-order valence-corrected chi connectivity index (χ4v) is 1.77. The first kappa shape index (κ1) is 15.5. The zero-order valence-electron chi connectivity index (χ0n) is 12.1. The maximum atomic E-state index is 11.5. The average Bonchev–Trinajstić information content (AvgIpc) is 2.41. The lowest BCUT2D eigenvalue weighted by molar-refractivity contribution is -0.143. The molecule has 0 atom stereocenters. The quantitative estimate of drug-likeness (QED) is 0.542. The molecule has 0 amide bonds. The molecule has 1 rings (SSSR count). The van der Waals surface area contributed by atoms with Crippen molar-refractivity contribution in [2.45, 2.75) is 46.0 Å². The summed E-state index contributed by atoms with van der Waals surface area (Å²) >= 11 is 0. The van der Waals surface area contributed by atoms with Crippen LogP contribution < -0.4 is 5.32 Å². The molecular formula is C16H25NO2. The maximum absolute atomic E-state index is 11.5. The van der Waals surface area contributed by atoms with E-state index in [0.29, 0.717) is 19.6 Å². The summed E-state index contributed by atoms with van der Waals surface area (Å²) < 4.78 is 5.17. The Morgan fingerprint density at radius 2 is 1.89 bits per heavy atom. The van der Waals surface area contributed by atoms with E-state index < -0.39 is 0 Å². The monoisotopic (exact) mass is 263 g/mol. The van der Waals surface area contributed by atoms with E-state index in [9.17, 15) is 4.79 Å². The van der Waals surface area contributed by atoms with Gasteiger partial charge in [0, 0.05) is 12.2 Å². The summed E-state index contributed by atoms with van der Waals surface area (Å²) in [6, 6.07) is 8.14. The molecule has 106 valence electrons. The Kier molecular flexibility index (Phi) is 7.71. The molecule has 0 saturated heterocycles. The van der Waals surface area contributed by atoms with Gasteiger partial charge < -0.3 is 10.1 Å². The van der Waals surface area contributed by atoms with Gasteiger partial charge in [-0.05, 0) is 25.5 Å². The largest absolute Gasteiger partial charge is 0.466 e. The van der Waals surface area contributed by atoms with Gasteiger partial charge in [0.25, 0.3) is 0 Å². The van der Waals surface area contributed by atoms with Gasteiger partial charge in [-0.25, -0.2) is 0 Å². The number of carbonyl (C=O) groups excluding carboxylic acids is 1. The van der Waals surface area contributed by atoms with E-state index in [-0.39, 0.29) is 5.97 Å². The first-order chi connectivity index (χ1) is 9.22. The highest BCUT2D eigenvalue weighted by atomic mass is 16.5. The number of aryl methyl sites for hydroxylation is 1. The number of nitrogens with one attached hydrogen (secondary N) is 1. The smallest absolute Gasteiger partial charge is 0.307 e. The molecule has 0 bridgehead atoms. The van der Waals surface area contributed by atoms with Crippen molar-refractivity contribution < 1.29 is 9.53 Å². The number of esters is 1. The van der Waals surface area contributed by atoms with Crippen LogP contribution >= 0.6 is 0 Å². The predicted molar refractivity (Wildman–Crippen MR) is 79.4 cm³/mol. The lowest BCUT2D eigenvalue weighted by Gasteiger charge is -2.07. The van der Waals surface area contributed by atoms with Crippen molar-refractivity contribution in [3.8, 4) is 0 Å². The van der Waals surface area contributed by atoms with Crippen molar-refractivity contribution in [1.82, 2.24) is 0 Å². The Bertz CT molecular complexity index is 360. The average molecular weight is 263 g/mol. The predicted octanol–water partition coefficient (Wildman–Crippen LogP) is 3.92. The number of rotatable bonds is 9. The number of anilines is 1. The number of hydrogen-bond acceptors (Lipinski definition) is 3. The van der Waals surface area contributed by atoms with E-state index in [1.165, 1.54) is 18.4 Å². The van der Waals surface area contributed by atoms with Gasteiger partial charge in [0.15, 0.2) is 0 Å². The Labute approximate surface area is 116 Å². The van der Waals surface area contributed by atoms with Crippen molar-refractivity contribution in [3.05, 3.63) is 29.8 Å². The van der Waals surface area contributed by atoms with Gasteiger partial charge in [0.1, 0.15) is 0 Å². The third kappa shape index (κ3) is 7.50. The topological polar surface area (TPSA) is 38.3 Å². The fraction of sp³-hybridized carbons (Fsp3) is 0.562. The van der Waals surface area contributed by atoms with Crippen LogP contribution in [-0.2, 0) is 9.53 Å². The van der Waals surface area contributed by atoms with E-state index in [4.69, 9.17) is 4.74 Å². The SMILES string of the molecule is CCCCCCOC(=O)CCNc1ccc(C)cc1. The number of hydrogen-bond donors (Lipinski definition) is 1. The molecule has 0 aromatic heterocycles. The summed E-state index contributed by atoms with van der Waals surface area (Å²) in [5.74, 6) is -0.115. The lowest BCUT2D eigenvalue weighted by atomic mass is 10.2. The van der Waals surface area contributed by atoms with Crippen LogP contribution in [0, 0.1) is 6.92 Å². The Hall–Kier alpha value is -1.51. The molecule has 19 heavy (non-hydrogen) atoms. The molecule has 1 aromatic carbocycles. The molecule has 0 spiro atoms. The summed E-state index contributed by atoms with van der Waals surface area (Å²) in [5, 5.41) is 3.21. The first-order valence-electron chi connectivity index (χ1n) is 7.18. The normalized spacial score (nSPS) is 10.2.